The van der Waals surface area contributed by atoms with Crippen LogP contribution in [-0.2, 0) is 14.8 Å². The maximum Gasteiger partial charge on any atom is 0.242 e. The summed E-state index contributed by atoms with van der Waals surface area (Å²) in [7, 11) is -4.10. The molecule has 5 N–H and O–H groups in total. The van der Waals surface area contributed by atoms with Gasteiger partial charge in [-0.05, 0) is 32.0 Å². The normalized spacial score (nSPS) is 11.6. The van der Waals surface area contributed by atoms with Gasteiger partial charge in [0.2, 0.25) is 15.9 Å². The van der Waals surface area contributed by atoms with E-state index < -0.39 is 27.3 Å². The van der Waals surface area contributed by atoms with Gasteiger partial charge in [-0.25, -0.2) is 12.8 Å². The summed E-state index contributed by atoms with van der Waals surface area (Å²) >= 11 is 0. The molecule has 0 fully saturated rings. The number of hydrogen-bond acceptors (Lipinski definition) is 4. The first-order chi connectivity index (χ1) is 9.60. The summed E-state index contributed by atoms with van der Waals surface area (Å²) in [6.45, 7) is 2.64. The third-order valence-electron chi connectivity index (χ3n) is 2.56. The largest absolute Gasteiger partial charge is 0.368 e. The number of primary amides is 1. The van der Waals surface area contributed by atoms with Crippen molar-refractivity contribution in [2.24, 2.45) is 11.5 Å². The Morgan fingerprint density at radius 1 is 1.43 bits per heavy atom. The van der Waals surface area contributed by atoms with Gasteiger partial charge in [-0.2, -0.15) is 4.72 Å². The molecule has 0 spiro atoms. The van der Waals surface area contributed by atoms with Crippen molar-refractivity contribution < 1.29 is 17.6 Å². The van der Waals surface area contributed by atoms with E-state index in [1.807, 2.05) is 0 Å². The van der Waals surface area contributed by atoms with Gasteiger partial charge in [-0.15, -0.1) is 0 Å². The number of halogens is 1. The Bertz CT molecular complexity index is 718. The molecule has 1 amide bonds. The molecule has 0 saturated heterocycles. The fourth-order valence-electron chi connectivity index (χ4n) is 1.42. The van der Waals surface area contributed by atoms with E-state index in [-0.39, 0.29) is 17.0 Å². The van der Waals surface area contributed by atoms with Crippen molar-refractivity contribution in [3.8, 4) is 11.8 Å². The molecular weight excluding hydrogens is 297 g/mol. The summed E-state index contributed by atoms with van der Waals surface area (Å²) in [6, 6.07) is 3.03. The first-order valence-electron chi connectivity index (χ1n) is 5.92. The van der Waals surface area contributed by atoms with Gasteiger partial charge in [-0.1, -0.05) is 11.8 Å². The molecule has 6 nitrogen and oxygen atoms in total. The lowest BCUT2D eigenvalue weighted by Crippen LogP contribution is -2.52. The lowest BCUT2D eigenvalue weighted by atomic mass is 10.1. The van der Waals surface area contributed by atoms with Crippen molar-refractivity contribution in [3.05, 3.63) is 29.6 Å². The second kappa shape index (κ2) is 6.22. The van der Waals surface area contributed by atoms with Crippen LogP contribution < -0.4 is 16.2 Å². The standard InChI is InChI=1S/C13H16FN3O3S/c1-13(2,12(16)18)17-21(19,20)11-6-5-10(14)8-9(11)4-3-7-15/h5-6,8,17H,7,15H2,1-2H3,(H2,16,18). The van der Waals surface area contributed by atoms with Crippen LogP contribution in [0.3, 0.4) is 0 Å². The number of amides is 1. The molecule has 1 aromatic rings. The van der Waals surface area contributed by atoms with Gasteiger partial charge < -0.3 is 11.5 Å². The number of carbonyl (C=O) groups excluding carboxylic acids is 1. The van der Waals surface area contributed by atoms with Crippen LogP contribution >= 0.6 is 0 Å². The lowest BCUT2D eigenvalue weighted by Gasteiger charge is -2.22. The highest BCUT2D eigenvalue weighted by atomic mass is 32.2. The van der Waals surface area contributed by atoms with Crippen LogP contribution in [0.4, 0.5) is 4.39 Å². The van der Waals surface area contributed by atoms with Crippen molar-refractivity contribution in [1.29, 1.82) is 0 Å². The number of carbonyl (C=O) groups is 1. The van der Waals surface area contributed by atoms with Gasteiger partial charge in [0.1, 0.15) is 11.4 Å². The van der Waals surface area contributed by atoms with Crippen molar-refractivity contribution in [2.75, 3.05) is 6.54 Å². The van der Waals surface area contributed by atoms with Crippen LogP contribution in [0.25, 0.3) is 0 Å². The average Bonchev–Trinajstić information content (AvgIpc) is 2.34. The molecule has 8 heteroatoms. The van der Waals surface area contributed by atoms with Crippen LogP contribution in [0.15, 0.2) is 23.1 Å². The van der Waals surface area contributed by atoms with Gasteiger partial charge in [0, 0.05) is 5.56 Å². The van der Waals surface area contributed by atoms with E-state index in [0.29, 0.717) is 0 Å². The highest BCUT2D eigenvalue weighted by molar-refractivity contribution is 7.89. The second-order valence-corrected chi connectivity index (χ2v) is 6.39. The number of benzene rings is 1. The Morgan fingerprint density at radius 3 is 2.57 bits per heavy atom. The molecule has 0 saturated carbocycles. The predicted octanol–water partition coefficient (Wildman–Crippen LogP) is -0.322. The number of nitrogens with one attached hydrogen (secondary N) is 1. The van der Waals surface area contributed by atoms with Crippen molar-refractivity contribution in [3.63, 3.8) is 0 Å². The van der Waals surface area contributed by atoms with E-state index in [1.165, 1.54) is 13.8 Å². The molecule has 0 atom stereocenters. The third-order valence-corrected chi connectivity index (χ3v) is 4.28. The summed E-state index contributed by atoms with van der Waals surface area (Å²) in [6.07, 6.45) is 0. The highest BCUT2D eigenvalue weighted by Crippen LogP contribution is 2.18. The number of rotatable bonds is 4. The Labute approximate surface area is 122 Å². The topological polar surface area (TPSA) is 115 Å². The van der Waals surface area contributed by atoms with Gasteiger partial charge in [-0.3, -0.25) is 4.79 Å². The van der Waals surface area contributed by atoms with Gasteiger partial charge in [0.25, 0.3) is 0 Å². The van der Waals surface area contributed by atoms with Crippen molar-refractivity contribution in [1.82, 2.24) is 4.72 Å². The van der Waals surface area contributed by atoms with E-state index in [0.717, 1.165) is 18.2 Å². The molecule has 1 rings (SSSR count). The highest BCUT2D eigenvalue weighted by Gasteiger charge is 2.32. The minimum absolute atomic E-state index is 0.00376. The molecule has 0 aliphatic rings. The van der Waals surface area contributed by atoms with Crippen molar-refractivity contribution in [2.45, 2.75) is 24.3 Å². The Morgan fingerprint density at radius 2 is 2.05 bits per heavy atom. The quantitative estimate of drug-likeness (QED) is 0.661. The summed E-state index contributed by atoms with van der Waals surface area (Å²) in [5.74, 6) is 3.46. The third kappa shape index (κ3) is 4.26. The zero-order chi connectivity index (χ0) is 16.3. The Kier molecular flexibility index (Phi) is 5.06. The van der Waals surface area contributed by atoms with E-state index in [4.69, 9.17) is 11.5 Å². The maximum atomic E-state index is 13.2. The molecule has 0 heterocycles. The second-order valence-electron chi connectivity index (χ2n) is 4.74. The molecule has 21 heavy (non-hydrogen) atoms. The van der Waals surface area contributed by atoms with E-state index in [1.54, 1.807) is 0 Å². The first-order valence-corrected chi connectivity index (χ1v) is 7.41. The summed E-state index contributed by atoms with van der Waals surface area (Å²) in [4.78, 5) is 11.0. The maximum absolute atomic E-state index is 13.2. The molecule has 0 bridgehead atoms. The van der Waals surface area contributed by atoms with Gasteiger partial charge in [0.05, 0.1) is 11.4 Å². The monoisotopic (exact) mass is 313 g/mol. The molecule has 0 radical (unpaired) electrons. The average molecular weight is 313 g/mol. The molecule has 0 aliphatic carbocycles. The van der Waals surface area contributed by atoms with E-state index in [9.17, 15) is 17.6 Å². The molecule has 0 aromatic heterocycles. The van der Waals surface area contributed by atoms with Crippen LogP contribution in [-0.4, -0.2) is 26.4 Å². The zero-order valence-electron chi connectivity index (χ0n) is 11.6. The molecule has 114 valence electrons. The number of hydrogen-bond donors (Lipinski definition) is 3. The summed E-state index contributed by atoms with van der Waals surface area (Å²) in [5, 5.41) is 0. The minimum atomic E-state index is -4.10. The van der Waals surface area contributed by atoms with E-state index >= 15 is 0 Å². The van der Waals surface area contributed by atoms with Crippen LogP contribution in [0.1, 0.15) is 19.4 Å². The van der Waals surface area contributed by atoms with Crippen LogP contribution in [0.2, 0.25) is 0 Å². The molecule has 1 aromatic carbocycles. The van der Waals surface area contributed by atoms with Gasteiger partial charge >= 0.3 is 0 Å². The zero-order valence-corrected chi connectivity index (χ0v) is 12.4. The minimum Gasteiger partial charge on any atom is -0.368 e. The SMILES string of the molecule is CC(C)(NS(=O)(=O)c1ccc(F)cc1C#CCN)C(N)=O. The van der Waals surface area contributed by atoms with Crippen molar-refractivity contribution >= 4 is 15.9 Å². The van der Waals surface area contributed by atoms with Crippen LogP contribution in [0.5, 0.6) is 0 Å². The number of nitrogens with two attached hydrogens (primary N) is 2. The Balaban J connectivity index is 3.35. The Hall–Kier alpha value is -1.95. The fraction of sp³-hybridized carbons (Fsp3) is 0.308. The van der Waals surface area contributed by atoms with E-state index in [2.05, 4.69) is 16.6 Å². The molecule has 0 aliphatic heterocycles. The fourth-order valence-corrected chi connectivity index (χ4v) is 2.95. The predicted molar refractivity (Wildman–Crippen MR) is 75.9 cm³/mol. The smallest absolute Gasteiger partial charge is 0.242 e. The lowest BCUT2D eigenvalue weighted by molar-refractivity contribution is -0.122. The first kappa shape index (κ1) is 17.1. The summed E-state index contributed by atoms with van der Waals surface area (Å²) in [5.41, 5.74) is 8.81. The van der Waals surface area contributed by atoms with Gasteiger partial charge in [0.15, 0.2) is 0 Å². The molecule has 0 unspecified atom stereocenters. The number of sulfonamides is 1. The van der Waals surface area contributed by atoms with Crippen LogP contribution in [0, 0.1) is 17.7 Å². The molecular formula is C13H16FN3O3S. The summed E-state index contributed by atoms with van der Waals surface area (Å²) < 4.78 is 40.0.